The lowest BCUT2D eigenvalue weighted by atomic mass is 10.1. The van der Waals surface area contributed by atoms with Crippen LogP contribution in [0.3, 0.4) is 0 Å². The molecule has 0 unspecified atom stereocenters. The zero-order valence-corrected chi connectivity index (χ0v) is 8.81. The Morgan fingerprint density at radius 1 is 1.44 bits per heavy atom. The normalized spacial score (nSPS) is 16.5. The summed E-state index contributed by atoms with van der Waals surface area (Å²) in [7, 11) is 0. The summed E-state index contributed by atoms with van der Waals surface area (Å²) in [6.07, 6.45) is 2.51. The molecule has 0 aliphatic carbocycles. The van der Waals surface area contributed by atoms with Crippen LogP contribution in [-0.2, 0) is 11.3 Å². The summed E-state index contributed by atoms with van der Waals surface area (Å²) in [5, 5.41) is 8.68. The third-order valence-electron chi connectivity index (χ3n) is 2.64. The lowest BCUT2D eigenvalue weighted by Crippen LogP contribution is -2.34. The minimum atomic E-state index is -1.09. The van der Waals surface area contributed by atoms with Crippen molar-refractivity contribution in [2.75, 3.05) is 6.54 Å². The summed E-state index contributed by atoms with van der Waals surface area (Å²) in [6, 6.07) is 3.01. The molecule has 2 heterocycles. The van der Waals surface area contributed by atoms with Gasteiger partial charge in [0.15, 0.2) is 0 Å². The first kappa shape index (κ1) is 10.7. The predicted molar refractivity (Wildman–Crippen MR) is 54.9 cm³/mol. The average molecular weight is 223 g/mol. The van der Waals surface area contributed by atoms with Gasteiger partial charge in [-0.25, -0.2) is 4.79 Å². The first-order valence-electron chi connectivity index (χ1n) is 5.26. The summed E-state index contributed by atoms with van der Waals surface area (Å²) in [4.78, 5) is 23.8. The maximum atomic E-state index is 11.5. The van der Waals surface area contributed by atoms with Crippen LogP contribution in [0.4, 0.5) is 0 Å². The van der Waals surface area contributed by atoms with Gasteiger partial charge in [-0.05, 0) is 25.0 Å². The Bertz CT molecular complexity index is 410. The number of carboxylic acid groups (broad SMARTS) is 1. The van der Waals surface area contributed by atoms with Gasteiger partial charge in [-0.3, -0.25) is 4.79 Å². The van der Waals surface area contributed by atoms with Gasteiger partial charge in [0.2, 0.25) is 11.7 Å². The Kier molecular flexibility index (Phi) is 2.94. The zero-order chi connectivity index (χ0) is 11.5. The highest BCUT2D eigenvalue weighted by Gasteiger charge is 2.19. The van der Waals surface area contributed by atoms with Crippen molar-refractivity contribution in [3.05, 3.63) is 23.7 Å². The van der Waals surface area contributed by atoms with Crippen molar-refractivity contribution in [3.63, 3.8) is 0 Å². The minimum absolute atomic E-state index is 0.0838. The Balaban J connectivity index is 2.02. The molecule has 1 amide bonds. The lowest BCUT2D eigenvalue weighted by molar-refractivity contribution is -0.134. The maximum Gasteiger partial charge on any atom is 0.371 e. The molecule has 0 saturated carbocycles. The van der Waals surface area contributed by atoms with Crippen LogP contribution >= 0.6 is 0 Å². The summed E-state index contributed by atoms with van der Waals surface area (Å²) < 4.78 is 5.10. The molecule has 0 spiro atoms. The fraction of sp³-hybridized carbons (Fsp3) is 0.455. The van der Waals surface area contributed by atoms with Crippen LogP contribution in [0.1, 0.15) is 35.6 Å². The topological polar surface area (TPSA) is 70.8 Å². The van der Waals surface area contributed by atoms with E-state index in [1.54, 1.807) is 11.0 Å². The fourth-order valence-corrected chi connectivity index (χ4v) is 1.79. The van der Waals surface area contributed by atoms with E-state index in [2.05, 4.69) is 0 Å². The van der Waals surface area contributed by atoms with Crippen LogP contribution in [0.2, 0.25) is 0 Å². The second-order valence-electron chi connectivity index (χ2n) is 3.84. The highest BCUT2D eigenvalue weighted by Crippen LogP contribution is 2.16. The molecule has 0 bridgehead atoms. The molecular weight excluding hydrogens is 210 g/mol. The smallest absolute Gasteiger partial charge is 0.371 e. The summed E-state index contributed by atoms with van der Waals surface area (Å²) in [5.41, 5.74) is 0. The number of piperidine rings is 1. The summed E-state index contributed by atoms with van der Waals surface area (Å²) in [6.45, 7) is 1.09. The predicted octanol–water partition coefficient (Wildman–Crippen LogP) is 1.49. The van der Waals surface area contributed by atoms with Crippen LogP contribution in [-0.4, -0.2) is 28.4 Å². The summed E-state index contributed by atoms with van der Waals surface area (Å²) >= 11 is 0. The molecule has 1 saturated heterocycles. The number of rotatable bonds is 3. The quantitative estimate of drug-likeness (QED) is 0.842. The number of nitrogens with zero attached hydrogens (tertiary/aromatic N) is 1. The van der Waals surface area contributed by atoms with Gasteiger partial charge in [0.05, 0.1) is 6.54 Å². The van der Waals surface area contributed by atoms with Crippen molar-refractivity contribution < 1.29 is 19.1 Å². The van der Waals surface area contributed by atoms with Gasteiger partial charge in [-0.2, -0.15) is 0 Å². The van der Waals surface area contributed by atoms with E-state index in [-0.39, 0.29) is 11.7 Å². The molecule has 1 aromatic heterocycles. The van der Waals surface area contributed by atoms with Crippen LogP contribution in [0.5, 0.6) is 0 Å². The SMILES string of the molecule is O=C(O)c1ccc(CN2CCCCC2=O)o1. The summed E-state index contributed by atoms with van der Waals surface area (Å²) in [5.74, 6) is -0.539. The van der Waals surface area contributed by atoms with E-state index >= 15 is 0 Å². The molecule has 1 aliphatic heterocycles. The molecule has 86 valence electrons. The van der Waals surface area contributed by atoms with Gasteiger partial charge >= 0.3 is 5.97 Å². The molecule has 0 atom stereocenters. The number of hydrogen-bond acceptors (Lipinski definition) is 3. The van der Waals surface area contributed by atoms with E-state index in [1.807, 2.05) is 0 Å². The highest BCUT2D eigenvalue weighted by molar-refractivity contribution is 5.84. The molecule has 1 aliphatic rings. The van der Waals surface area contributed by atoms with Gasteiger partial charge in [0, 0.05) is 13.0 Å². The maximum absolute atomic E-state index is 11.5. The third-order valence-corrected chi connectivity index (χ3v) is 2.64. The van der Waals surface area contributed by atoms with Crippen molar-refractivity contribution in [1.29, 1.82) is 0 Å². The van der Waals surface area contributed by atoms with Crippen molar-refractivity contribution >= 4 is 11.9 Å². The molecule has 5 heteroatoms. The van der Waals surface area contributed by atoms with E-state index in [9.17, 15) is 9.59 Å². The standard InChI is InChI=1S/C11H13NO4/c13-10-3-1-2-6-12(10)7-8-4-5-9(16-8)11(14)15/h4-5H,1-3,6-7H2,(H,14,15). The van der Waals surface area contributed by atoms with E-state index in [0.29, 0.717) is 18.7 Å². The van der Waals surface area contributed by atoms with Gasteiger partial charge in [0.1, 0.15) is 5.76 Å². The Labute approximate surface area is 92.7 Å². The van der Waals surface area contributed by atoms with Crippen molar-refractivity contribution in [3.8, 4) is 0 Å². The Hall–Kier alpha value is -1.78. The first-order chi connectivity index (χ1) is 7.66. The second kappa shape index (κ2) is 4.38. The molecule has 1 N–H and O–H groups in total. The van der Waals surface area contributed by atoms with Crippen LogP contribution in [0, 0.1) is 0 Å². The van der Waals surface area contributed by atoms with Gasteiger partial charge in [-0.15, -0.1) is 0 Å². The lowest BCUT2D eigenvalue weighted by Gasteiger charge is -2.25. The number of hydrogen-bond donors (Lipinski definition) is 1. The van der Waals surface area contributed by atoms with Crippen LogP contribution in [0.15, 0.2) is 16.5 Å². The van der Waals surface area contributed by atoms with Crippen LogP contribution in [0.25, 0.3) is 0 Å². The highest BCUT2D eigenvalue weighted by atomic mass is 16.4. The number of furan rings is 1. The fourth-order valence-electron chi connectivity index (χ4n) is 1.79. The van der Waals surface area contributed by atoms with Crippen molar-refractivity contribution in [2.24, 2.45) is 0 Å². The number of amides is 1. The zero-order valence-electron chi connectivity index (χ0n) is 8.81. The molecule has 1 fully saturated rings. The molecular formula is C11H13NO4. The largest absolute Gasteiger partial charge is 0.475 e. The number of carbonyl (C=O) groups excluding carboxylic acids is 1. The number of carbonyl (C=O) groups is 2. The van der Waals surface area contributed by atoms with Crippen molar-refractivity contribution in [2.45, 2.75) is 25.8 Å². The first-order valence-corrected chi connectivity index (χ1v) is 5.26. The molecule has 16 heavy (non-hydrogen) atoms. The van der Waals surface area contributed by atoms with Gasteiger partial charge in [-0.1, -0.05) is 0 Å². The van der Waals surface area contributed by atoms with E-state index in [4.69, 9.17) is 9.52 Å². The molecule has 0 radical (unpaired) electrons. The van der Waals surface area contributed by atoms with Gasteiger partial charge < -0.3 is 14.4 Å². The second-order valence-corrected chi connectivity index (χ2v) is 3.84. The molecule has 0 aromatic carbocycles. The number of aromatic carboxylic acids is 1. The van der Waals surface area contributed by atoms with Crippen LogP contribution < -0.4 is 0 Å². The minimum Gasteiger partial charge on any atom is -0.475 e. The Morgan fingerprint density at radius 3 is 2.88 bits per heavy atom. The van der Waals surface area contributed by atoms with E-state index in [1.165, 1.54) is 6.07 Å². The number of carboxylic acids is 1. The third kappa shape index (κ3) is 2.24. The molecule has 1 aromatic rings. The average Bonchev–Trinajstić information content (AvgIpc) is 2.70. The number of likely N-dealkylation sites (tertiary alicyclic amines) is 1. The molecule has 2 rings (SSSR count). The van der Waals surface area contributed by atoms with Crippen molar-refractivity contribution in [1.82, 2.24) is 4.90 Å². The Morgan fingerprint density at radius 2 is 2.25 bits per heavy atom. The van der Waals surface area contributed by atoms with Gasteiger partial charge in [0.25, 0.3) is 0 Å². The monoisotopic (exact) mass is 223 g/mol. The molecule has 5 nitrogen and oxygen atoms in total. The van der Waals surface area contributed by atoms with E-state index < -0.39 is 5.97 Å². The van der Waals surface area contributed by atoms with E-state index in [0.717, 1.165) is 19.4 Å².